The zero-order valence-corrected chi connectivity index (χ0v) is 12.8. The fraction of sp³-hybridized carbons (Fsp3) is 0.353. The molecule has 0 bridgehead atoms. The summed E-state index contributed by atoms with van der Waals surface area (Å²) in [4.78, 5) is 4.47. The maximum atomic E-state index is 6.35. The van der Waals surface area contributed by atoms with Gasteiger partial charge in [-0.1, -0.05) is 36.7 Å². The summed E-state index contributed by atoms with van der Waals surface area (Å²) < 4.78 is 0. The average molecular weight is 289 g/mol. The summed E-state index contributed by atoms with van der Waals surface area (Å²) in [5.74, 6) is 0. The molecule has 1 aromatic heterocycles. The SMILES string of the molecule is CCCNC(Cc1ccc(C)cc1Cl)c1ccccn1. The number of nitrogens with zero attached hydrogens (tertiary/aromatic N) is 1. The van der Waals surface area contributed by atoms with E-state index in [4.69, 9.17) is 11.6 Å². The molecule has 3 heteroatoms. The monoisotopic (exact) mass is 288 g/mol. The first-order valence-electron chi connectivity index (χ1n) is 7.10. The van der Waals surface area contributed by atoms with Crippen LogP contribution in [0.3, 0.4) is 0 Å². The van der Waals surface area contributed by atoms with Gasteiger partial charge in [-0.25, -0.2) is 0 Å². The van der Waals surface area contributed by atoms with Gasteiger partial charge in [0.15, 0.2) is 0 Å². The van der Waals surface area contributed by atoms with Gasteiger partial charge < -0.3 is 5.32 Å². The number of aryl methyl sites for hydroxylation is 1. The minimum Gasteiger partial charge on any atom is -0.308 e. The summed E-state index contributed by atoms with van der Waals surface area (Å²) >= 11 is 6.35. The van der Waals surface area contributed by atoms with Crippen LogP contribution < -0.4 is 5.32 Å². The number of pyridine rings is 1. The van der Waals surface area contributed by atoms with E-state index in [0.29, 0.717) is 0 Å². The summed E-state index contributed by atoms with van der Waals surface area (Å²) in [7, 11) is 0. The van der Waals surface area contributed by atoms with E-state index in [-0.39, 0.29) is 6.04 Å². The standard InChI is InChI=1S/C17H21ClN2/c1-3-9-19-17(16-6-4-5-10-20-16)12-14-8-7-13(2)11-15(14)18/h4-8,10-11,17,19H,3,9,12H2,1-2H3. The molecule has 1 atom stereocenters. The molecule has 0 fully saturated rings. The van der Waals surface area contributed by atoms with E-state index in [2.05, 4.69) is 42.3 Å². The predicted molar refractivity (Wildman–Crippen MR) is 85.2 cm³/mol. The van der Waals surface area contributed by atoms with E-state index in [1.165, 1.54) is 5.56 Å². The van der Waals surface area contributed by atoms with Crippen LogP contribution in [0.4, 0.5) is 0 Å². The van der Waals surface area contributed by atoms with Crippen LogP contribution in [0.5, 0.6) is 0 Å². The van der Waals surface area contributed by atoms with E-state index < -0.39 is 0 Å². The van der Waals surface area contributed by atoms with Crippen molar-refractivity contribution in [1.29, 1.82) is 0 Å². The van der Waals surface area contributed by atoms with Crippen molar-refractivity contribution in [2.75, 3.05) is 6.54 Å². The number of hydrogen-bond donors (Lipinski definition) is 1. The van der Waals surface area contributed by atoms with E-state index in [9.17, 15) is 0 Å². The third kappa shape index (κ3) is 4.06. The summed E-state index contributed by atoms with van der Waals surface area (Å²) in [6.07, 6.45) is 3.80. The van der Waals surface area contributed by atoms with Gasteiger partial charge in [-0.2, -0.15) is 0 Å². The van der Waals surface area contributed by atoms with Crippen molar-refractivity contribution in [1.82, 2.24) is 10.3 Å². The Bertz CT molecular complexity index is 540. The van der Waals surface area contributed by atoms with Gasteiger partial charge >= 0.3 is 0 Å². The van der Waals surface area contributed by atoms with Crippen molar-refractivity contribution >= 4 is 11.6 Å². The molecule has 0 aliphatic heterocycles. The highest BCUT2D eigenvalue weighted by Crippen LogP contribution is 2.23. The second-order valence-corrected chi connectivity index (χ2v) is 5.47. The molecule has 1 unspecified atom stereocenters. The maximum Gasteiger partial charge on any atom is 0.0576 e. The first kappa shape index (κ1) is 15.0. The Balaban J connectivity index is 2.19. The highest BCUT2D eigenvalue weighted by molar-refractivity contribution is 6.31. The number of benzene rings is 1. The molecule has 0 spiro atoms. The molecule has 2 rings (SSSR count). The van der Waals surface area contributed by atoms with E-state index in [1.54, 1.807) is 0 Å². The molecule has 0 saturated heterocycles. The topological polar surface area (TPSA) is 24.9 Å². The molecule has 0 radical (unpaired) electrons. The van der Waals surface area contributed by atoms with Crippen LogP contribution in [-0.4, -0.2) is 11.5 Å². The first-order chi connectivity index (χ1) is 9.70. The number of aromatic nitrogens is 1. The zero-order valence-electron chi connectivity index (χ0n) is 12.1. The van der Waals surface area contributed by atoms with Gasteiger partial charge in [0, 0.05) is 11.2 Å². The lowest BCUT2D eigenvalue weighted by Gasteiger charge is -2.19. The average Bonchev–Trinajstić information content (AvgIpc) is 2.46. The largest absolute Gasteiger partial charge is 0.308 e. The van der Waals surface area contributed by atoms with Crippen molar-refractivity contribution in [3.05, 3.63) is 64.4 Å². The normalized spacial score (nSPS) is 12.3. The fourth-order valence-electron chi connectivity index (χ4n) is 2.22. The van der Waals surface area contributed by atoms with Gasteiger partial charge in [0.25, 0.3) is 0 Å². The molecule has 0 aliphatic carbocycles. The Hall–Kier alpha value is -1.38. The third-order valence-corrected chi connectivity index (χ3v) is 3.67. The lowest BCUT2D eigenvalue weighted by molar-refractivity contribution is 0.518. The van der Waals surface area contributed by atoms with Crippen molar-refractivity contribution in [3.63, 3.8) is 0 Å². The molecular weight excluding hydrogens is 268 g/mol. The van der Waals surface area contributed by atoms with Crippen molar-refractivity contribution < 1.29 is 0 Å². The summed E-state index contributed by atoms with van der Waals surface area (Å²) in [6, 6.07) is 12.5. The van der Waals surface area contributed by atoms with Crippen LogP contribution >= 0.6 is 11.6 Å². The highest BCUT2D eigenvalue weighted by atomic mass is 35.5. The van der Waals surface area contributed by atoms with Crippen molar-refractivity contribution in [2.24, 2.45) is 0 Å². The molecule has 0 aliphatic rings. The third-order valence-electron chi connectivity index (χ3n) is 3.32. The van der Waals surface area contributed by atoms with Crippen LogP contribution in [0.15, 0.2) is 42.6 Å². The summed E-state index contributed by atoms with van der Waals surface area (Å²) in [6.45, 7) is 5.20. The van der Waals surface area contributed by atoms with Gasteiger partial charge in [-0.15, -0.1) is 0 Å². The molecule has 1 heterocycles. The minimum absolute atomic E-state index is 0.205. The molecule has 2 aromatic rings. The lowest BCUT2D eigenvalue weighted by atomic mass is 10.0. The molecule has 1 N–H and O–H groups in total. The van der Waals surface area contributed by atoms with Crippen molar-refractivity contribution in [3.8, 4) is 0 Å². The van der Waals surface area contributed by atoms with Crippen LogP contribution in [0.1, 0.15) is 36.2 Å². The number of hydrogen-bond acceptors (Lipinski definition) is 2. The van der Waals surface area contributed by atoms with E-state index >= 15 is 0 Å². The molecular formula is C17H21ClN2. The number of nitrogens with one attached hydrogen (secondary N) is 1. The Kier molecular flexibility index (Phi) is 5.57. The minimum atomic E-state index is 0.205. The van der Waals surface area contributed by atoms with Gasteiger partial charge in [0.05, 0.1) is 11.7 Å². The highest BCUT2D eigenvalue weighted by Gasteiger charge is 2.14. The number of rotatable bonds is 6. The zero-order chi connectivity index (χ0) is 14.4. The Morgan fingerprint density at radius 2 is 2.10 bits per heavy atom. The van der Waals surface area contributed by atoms with Gasteiger partial charge in [-0.05, 0) is 55.6 Å². The second kappa shape index (κ2) is 7.41. The lowest BCUT2D eigenvalue weighted by Crippen LogP contribution is -2.25. The fourth-order valence-corrected chi connectivity index (χ4v) is 2.53. The van der Waals surface area contributed by atoms with Crippen LogP contribution in [0.2, 0.25) is 5.02 Å². The predicted octanol–water partition coefficient (Wildman–Crippen LogP) is 4.33. The Morgan fingerprint density at radius 3 is 2.75 bits per heavy atom. The Labute approximate surface area is 126 Å². The Morgan fingerprint density at radius 1 is 1.25 bits per heavy atom. The van der Waals surface area contributed by atoms with Crippen LogP contribution in [0, 0.1) is 6.92 Å². The van der Waals surface area contributed by atoms with Gasteiger partial charge in [0.2, 0.25) is 0 Å². The molecule has 20 heavy (non-hydrogen) atoms. The van der Waals surface area contributed by atoms with E-state index in [0.717, 1.165) is 35.7 Å². The molecule has 2 nitrogen and oxygen atoms in total. The van der Waals surface area contributed by atoms with Gasteiger partial charge in [-0.3, -0.25) is 4.98 Å². The molecule has 106 valence electrons. The number of halogens is 1. The second-order valence-electron chi connectivity index (χ2n) is 5.06. The van der Waals surface area contributed by atoms with Crippen LogP contribution in [0.25, 0.3) is 0 Å². The summed E-state index contributed by atoms with van der Waals surface area (Å²) in [5, 5.41) is 4.39. The maximum absolute atomic E-state index is 6.35. The molecule has 0 amide bonds. The first-order valence-corrected chi connectivity index (χ1v) is 7.48. The van der Waals surface area contributed by atoms with E-state index in [1.807, 2.05) is 24.4 Å². The molecule has 1 aromatic carbocycles. The summed E-state index contributed by atoms with van der Waals surface area (Å²) in [5.41, 5.74) is 3.42. The van der Waals surface area contributed by atoms with Crippen LogP contribution in [-0.2, 0) is 6.42 Å². The molecule has 0 saturated carbocycles. The van der Waals surface area contributed by atoms with Crippen molar-refractivity contribution in [2.45, 2.75) is 32.7 Å². The quantitative estimate of drug-likeness (QED) is 0.856. The smallest absolute Gasteiger partial charge is 0.0576 e. The van der Waals surface area contributed by atoms with Gasteiger partial charge in [0.1, 0.15) is 0 Å².